The van der Waals surface area contributed by atoms with Crippen LogP contribution in [0, 0.1) is 5.41 Å². The Hall–Kier alpha value is -4.34. The van der Waals surface area contributed by atoms with E-state index >= 15 is 0 Å². The number of esters is 1. The highest BCUT2D eigenvalue weighted by atomic mass is 19.4. The van der Waals surface area contributed by atoms with Crippen LogP contribution in [0.3, 0.4) is 0 Å². The zero-order chi connectivity index (χ0) is 28.5. The Morgan fingerprint density at radius 2 is 1.82 bits per heavy atom. The van der Waals surface area contributed by atoms with Gasteiger partial charge in [0.05, 0.1) is 37.1 Å². The zero-order valence-electron chi connectivity index (χ0n) is 21.8. The number of phenolic OH excluding ortho intramolecular Hbond substituents is 1. The molecule has 0 bridgehead atoms. The minimum atomic E-state index is -4.53. The van der Waals surface area contributed by atoms with Gasteiger partial charge in [-0.15, -0.1) is 0 Å². The van der Waals surface area contributed by atoms with E-state index in [1.807, 2.05) is 36.4 Å². The lowest BCUT2D eigenvalue weighted by Crippen LogP contribution is -2.49. The number of para-hydroxylation sites is 1. The van der Waals surface area contributed by atoms with Crippen LogP contribution < -0.4 is 0 Å². The maximum Gasteiger partial charge on any atom is 0.390 e. The van der Waals surface area contributed by atoms with Crippen molar-refractivity contribution in [3.8, 4) is 28.1 Å². The number of aromatic nitrogens is 2. The van der Waals surface area contributed by atoms with E-state index in [0.29, 0.717) is 11.1 Å². The van der Waals surface area contributed by atoms with Crippen LogP contribution in [0.15, 0.2) is 67.0 Å². The standard InChI is InChI=1S/C30H28F3N3O4/c1-40-28(39)29(18-30(31,32)33)9-12-36(13-10-29)27(38)16-20-7-6-19(22-4-2-3-5-26(22)37)14-23(20)24-15-21-8-11-34-17-25(21)35-24/h2-8,11,14-15,17,35,37H,9-10,12-13,16,18H2,1H3. The van der Waals surface area contributed by atoms with Crippen molar-refractivity contribution in [1.29, 1.82) is 0 Å². The normalized spacial score (nSPS) is 15.2. The number of aromatic hydroxyl groups is 1. The number of methoxy groups -OCH3 is 1. The number of carbonyl (C=O) groups is 2. The van der Waals surface area contributed by atoms with Gasteiger partial charge in [-0.25, -0.2) is 0 Å². The van der Waals surface area contributed by atoms with Crippen molar-refractivity contribution in [2.24, 2.45) is 5.41 Å². The van der Waals surface area contributed by atoms with E-state index < -0.39 is 24.0 Å². The molecule has 0 spiro atoms. The number of fused-ring (bicyclic) bond motifs is 1. The Balaban J connectivity index is 1.43. The number of hydrogen-bond acceptors (Lipinski definition) is 5. The van der Waals surface area contributed by atoms with E-state index in [2.05, 4.69) is 9.97 Å². The number of nitrogens with zero attached hydrogens (tertiary/aromatic N) is 2. The number of ether oxygens (including phenoxy) is 1. The first-order valence-corrected chi connectivity index (χ1v) is 12.9. The fraction of sp³-hybridized carbons (Fsp3) is 0.300. The molecule has 4 aromatic rings. The third-order valence-electron chi connectivity index (χ3n) is 7.61. The number of aromatic amines is 1. The van der Waals surface area contributed by atoms with Crippen LogP contribution in [0.1, 0.15) is 24.8 Å². The van der Waals surface area contributed by atoms with Gasteiger partial charge in [-0.3, -0.25) is 14.6 Å². The van der Waals surface area contributed by atoms with Crippen molar-refractivity contribution in [1.82, 2.24) is 14.9 Å². The summed E-state index contributed by atoms with van der Waals surface area (Å²) in [6, 6.07) is 16.3. The van der Waals surface area contributed by atoms with Gasteiger partial charge in [0.2, 0.25) is 5.91 Å². The summed E-state index contributed by atoms with van der Waals surface area (Å²) in [6.45, 7) is 0.0424. The van der Waals surface area contributed by atoms with Gasteiger partial charge in [0.25, 0.3) is 0 Å². The van der Waals surface area contributed by atoms with Crippen LogP contribution in [0.25, 0.3) is 33.3 Å². The van der Waals surface area contributed by atoms with Crippen LogP contribution in [-0.2, 0) is 20.7 Å². The van der Waals surface area contributed by atoms with Gasteiger partial charge >= 0.3 is 12.1 Å². The topological polar surface area (TPSA) is 95.5 Å². The first-order chi connectivity index (χ1) is 19.1. The highest BCUT2D eigenvalue weighted by molar-refractivity contribution is 5.89. The van der Waals surface area contributed by atoms with Crippen molar-refractivity contribution < 1.29 is 32.6 Å². The van der Waals surface area contributed by atoms with Crippen LogP contribution in [0.4, 0.5) is 13.2 Å². The first kappa shape index (κ1) is 27.2. The summed E-state index contributed by atoms with van der Waals surface area (Å²) in [6.07, 6.45) is -2.65. The molecule has 1 saturated heterocycles. The molecule has 0 unspecified atom stereocenters. The fourth-order valence-corrected chi connectivity index (χ4v) is 5.50. The number of carbonyl (C=O) groups excluding carboxylic acids is 2. The first-order valence-electron chi connectivity index (χ1n) is 12.9. The quantitative estimate of drug-likeness (QED) is 0.292. The molecule has 0 radical (unpaired) electrons. The second-order valence-electron chi connectivity index (χ2n) is 10.2. The number of likely N-dealkylation sites (tertiary alicyclic amines) is 1. The van der Waals surface area contributed by atoms with Crippen molar-refractivity contribution in [2.75, 3.05) is 20.2 Å². The summed E-state index contributed by atoms with van der Waals surface area (Å²) >= 11 is 0. The van der Waals surface area contributed by atoms with Crippen LogP contribution in [-0.4, -0.2) is 58.2 Å². The number of phenols is 1. The summed E-state index contributed by atoms with van der Waals surface area (Å²) < 4.78 is 44.5. The Morgan fingerprint density at radius 1 is 1.07 bits per heavy atom. The van der Waals surface area contributed by atoms with E-state index in [1.54, 1.807) is 30.6 Å². The Labute approximate surface area is 228 Å². The second-order valence-corrected chi connectivity index (χ2v) is 10.2. The van der Waals surface area contributed by atoms with Crippen molar-refractivity contribution in [3.05, 3.63) is 72.6 Å². The molecule has 0 saturated carbocycles. The van der Waals surface area contributed by atoms with E-state index in [1.165, 1.54) is 4.90 Å². The Kier molecular flexibility index (Phi) is 7.27. The maximum atomic E-state index is 13.4. The molecule has 2 N–H and O–H groups in total. The molecule has 0 aliphatic carbocycles. The third kappa shape index (κ3) is 5.52. The molecular weight excluding hydrogens is 523 g/mol. The highest BCUT2D eigenvalue weighted by Gasteiger charge is 2.50. The van der Waals surface area contributed by atoms with E-state index in [4.69, 9.17) is 4.74 Å². The molecule has 7 nitrogen and oxygen atoms in total. The van der Waals surface area contributed by atoms with Gasteiger partial charge < -0.3 is 19.7 Å². The lowest BCUT2D eigenvalue weighted by atomic mass is 9.75. The average Bonchev–Trinajstić information content (AvgIpc) is 3.37. The van der Waals surface area contributed by atoms with Gasteiger partial charge in [-0.2, -0.15) is 13.2 Å². The number of rotatable bonds is 6. The van der Waals surface area contributed by atoms with Gasteiger partial charge in [-0.1, -0.05) is 30.3 Å². The average molecular weight is 552 g/mol. The van der Waals surface area contributed by atoms with Crippen LogP contribution >= 0.6 is 0 Å². The second kappa shape index (κ2) is 10.7. The molecule has 1 aliphatic rings. The molecule has 0 atom stereocenters. The number of H-pyrrole nitrogens is 1. The fourth-order valence-electron chi connectivity index (χ4n) is 5.50. The number of alkyl halides is 3. The van der Waals surface area contributed by atoms with E-state index in [0.717, 1.165) is 34.8 Å². The molecular formula is C30H28F3N3O4. The number of pyridine rings is 1. The van der Waals surface area contributed by atoms with E-state index in [9.17, 15) is 27.9 Å². The lowest BCUT2D eigenvalue weighted by molar-refractivity contribution is -0.187. The number of halogens is 3. The molecule has 2 aromatic carbocycles. The van der Waals surface area contributed by atoms with Crippen molar-refractivity contribution in [2.45, 2.75) is 31.9 Å². The number of hydrogen-bond donors (Lipinski definition) is 2. The predicted octanol–water partition coefficient (Wildman–Crippen LogP) is 5.88. The smallest absolute Gasteiger partial charge is 0.390 e. The van der Waals surface area contributed by atoms with Gasteiger partial charge in [0.15, 0.2) is 0 Å². The number of amides is 1. The predicted molar refractivity (Wildman–Crippen MR) is 143 cm³/mol. The van der Waals surface area contributed by atoms with Gasteiger partial charge in [0.1, 0.15) is 5.75 Å². The zero-order valence-corrected chi connectivity index (χ0v) is 21.8. The van der Waals surface area contributed by atoms with Crippen LogP contribution in [0.5, 0.6) is 5.75 Å². The summed E-state index contributed by atoms with van der Waals surface area (Å²) in [5.41, 5.74) is 2.76. The largest absolute Gasteiger partial charge is 0.507 e. The molecule has 208 valence electrons. The summed E-state index contributed by atoms with van der Waals surface area (Å²) in [7, 11) is 1.08. The number of benzene rings is 2. The van der Waals surface area contributed by atoms with E-state index in [-0.39, 0.29) is 44.0 Å². The molecule has 1 fully saturated rings. The minimum Gasteiger partial charge on any atom is -0.507 e. The molecule has 1 aliphatic heterocycles. The summed E-state index contributed by atoms with van der Waals surface area (Å²) in [4.78, 5) is 34.7. The minimum absolute atomic E-state index is 0.00843. The summed E-state index contributed by atoms with van der Waals surface area (Å²) in [5, 5.41) is 11.4. The molecule has 10 heteroatoms. The monoisotopic (exact) mass is 551 g/mol. The summed E-state index contributed by atoms with van der Waals surface area (Å²) in [5.74, 6) is -1.02. The lowest BCUT2D eigenvalue weighted by Gasteiger charge is -2.40. The maximum absolute atomic E-state index is 13.4. The van der Waals surface area contributed by atoms with Crippen LogP contribution in [0.2, 0.25) is 0 Å². The molecule has 40 heavy (non-hydrogen) atoms. The van der Waals surface area contributed by atoms with Crippen molar-refractivity contribution >= 4 is 22.8 Å². The van der Waals surface area contributed by atoms with Crippen molar-refractivity contribution in [3.63, 3.8) is 0 Å². The highest BCUT2D eigenvalue weighted by Crippen LogP contribution is 2.43. The SMILES string of the molecule is COC(=O)C1(CC(F)(F)F)CCN(C(=O)Cc2ccc(-c3ccccc3O)cc2-c2cc3ccncc3[nH]2)CC1. The molecule has 1 amide bonds. The molecule has 5 rings (SSSR count). The number of nitrogens with one attached hydrogen (secondary N) is 1. The third-order valence-corrected chi connectivity index (χ3v) is 7.61. The molecule has 2 aromatic heterocycles. The Morgan fingerprint density at radius 3 is 2.50 bits per heavy atom. The number of piperidine rings is 1. The Bertz CT molecular complexity index is 1520. The molecule has 3 heterocycles. The van der Waals surface area contributed by atoms with Gasteiger partial charge in [0, 0.05) is 41.5 Å². The van der Waals surface area contributed by atoms with Gasteiger partial charge in [-0.05, 0) is 48.2 Å².